The Kier molecular flexibility index (Phi) is 4.91. The van der Waals surface area contributed by atoms with Crippen molar-refractivity contribution in [3.05, 3.63) is 71.3 Å². The number of fused-ring (bicyclic) bond motifs is 5. The third kappa shape index (κ3) is 3.32. The second kappa shape index (κ2) is 7.90. The third-order valence-electron chi connectivity index (χ3n) is 7.88. The van der Waals surface area contributed by atoms with E-state index in [-0.39, 0.29) is 19.0 Å². The van der Waals surface area contributed by atoms with Crippen LogP contribution < -0.4 is 10.2 Å². The normalized spacial score (nSPS) is 26.1. The van der Waals surface area contributed by atoms with Gasteiger partial charge in [0.2, 0.25) is 11.8 Å². The van der Waals surface area contributed by atoms with E-state index in [1.807, 2.05) is 49.4 Å². The van der Waals surface area contributed by atoms with Crippen LogP contribution in [0.5, 0.6) is 0 Å². The summed E-state index contributed by atoms with van der Waals surface area (Å²) in [6, 6.07) is 16.6. The van der Waals surface area contributed by atoms with Gasteiger partial charge in [-0.1, -0.05) is 48.9 Å². The van der Waals surface area contributed by atoms with Gasteiger partial charge in [-0.2, -0.15) is 0 Å². The molecular formula is C28H28N4O3. The maximum absolute atomic E-state index is 14.2. The van der Waals surface area contributed by atoms with Gasteiger partial charge in [0.25, 0.3) is 0 Å². The number of benzene rings is 2. The molecule has 35 heavy (non-hydrogen) atoms. The van der Waals surface area contributed by atoms with E-state index in [0.717, 1.165) is 46.4 Å². The molecule has 1 spiro atoms. The number of hydrogen-bond donors (Lipinski definition) is 1. The number of imide groups is 2. The van der Waals surface area contributed by atoms with E-state index < -0.39 is 23.3 Å². The molecule has 6 rings (SSSR count). The van der Waals surface area contributed by atoms with Crippen molar-refractivity contribution in [1.29, 1.82) is 0 Å². The van der Waals surface area contributed by atoms with Crippen LogP contribution in [0, 0.1) is 18.3 Å². The molecule has 4 amide bonds. The number of aryl methyl sites for hydroxylation is 1. The smallest absolute Gasteiger partial charge is 0.331 e. The summed E-state index contributed by atoms with van der Waals surface area (Å²) < 4.78 is 0. The van der Waals surface area contributed by atoms with Crippen molar-refractivity contribution < 1.29 is 14.4 Å². The highest BCUT2D eigenvalue weighted by atomic mass is 16.2. The average Bonchev–Trinajstić information content (AvgIpc) is 2.84. The summed E-state index contributed by atoms with van der Waals surface area (Å²) in [6.45, 7) is 5.05. The first kappa shape index (κ1) is 21.8. The first-order valence-corrected chi connectivity index (χ1v) is 12.2. The minimum atomic E-state index is -1.37. The fourth-order valence-corrected chi connectivity index (χ4v) is 6.05. The number of barbiturate groups is 1. The zero-order valence-electron chi connectivity index (χ0n) is 20.0. The Hall–Kier alpha value is -3.74. The molecule has 3 aliphatic heterocycles. The summed E-state index contributed by atoms with van der Waals surface area (Å²) in [6.07, 6.45) is 1.89. The molecule has 0 bridgehead atoms. The zero-order chi connectivity index (χ0) is 24.3. The number of anilines is 1. The molecule has 7 nitrogen and oxygen atoms in total. The number of carbonyl (C=O) groups is 3. The van der Waals surface area contributed by atoms with Crippen LogP contribution in [-0.2, 0) is 22.6 Å². The predicted molar refractivity (Wildman–Crippen MR) is 133 cm³/mol. The van der Waals surface area contributed by atoms with Gasteiger partial charge < -0.3 is 4.90 Å². The second-order valence-electron chi connectivity index (χ2n) is 10.3. The lowest BCUT2D eigenvalue weighted by molar-refractivity contribution is -0.154. The molecule has 4 heterocycles. The van der Waals surface area contributed by atoms with Crippen LogP contribution in [0.1, 0.15) is 36.5 Å². The van der Waals surface area contributed by atoms with Gasteiger partial charge >= 0.3 is 6.03 Å². The maximum atomic E-state index is 14.2. The molecular weight excluding hydrogens is 440 g/mol. The number of pyridine rings is 1. The van der Waals surface area contributed by atoms with Gasteiger partial charge in [0.15, 0.2) is 5.41 Å². The maximum Gasteiger partial charge on any atom is 0.331 e. The standard InChI is InChI=1S/C28H28N4O3/c1-17-8-9-22-20(12-17)14-21-15-28(23-13-18(2)10-11-31(23)24(21)29-22)25(33)30-27(35)32(26(28)34)16-19-6-4-3-5-7-19/h3-9,12,14,18,23H,10-11,13,15-16H2,1-2H3,(H,30,33,35)/t18-,23+,28-/m0/s1. The Balaban J connectivity index is 1.49. The van der Waals surface area contributed by atoms with Gasteiger partial charge in [0.1, 0.15) is 5.82 Å². The lowest BCUT2D eigenvalue weighted by Crippen LogP contribution is -2.72. The van der Waals surface area contributed by atoms with E-state index >= 15 is 0 Å². The van der Waals surface area contributed by atoms with Crippen LogP contribution in [0.2, 0.25) is 0 Å². The van der Waals surface area contributed by atoms with Crippen LogP contribution in [0.15, 0.2) is 54.6 Å². The highest BCUT2D eigenvalue weighted by Crippen LogP contribution is 2.48. The summed E-state index contributed by atoms with van der Waals surface area (Å²) in [5.41, 5.74) is 2.38. The molecule has 3 atom stereocenters. The molecule has 3 aromatic rings. The molecule has 178 valence electrons. The fourth-order valence-electron chi connectivity index (χ4n) is 6.05. The van der Waals surface area contributed by atoms with Crippen molar-refractivity contribution in [3.8, 4) is 0 Å². The summed E-state index contributed by atoms with van der Waals surface area (Å²) in [4.78, 5) is 49.1. The van der Waals surface area contributed by atoms with E-state index in [4.69, 9.17) is 4.98 Å². The van der Waals surface area contributed by atoms with E-state index in [0.29, 0.717) is 12.3 Å². The molecule has 2 fully saturated rings. The van der Waals surface area contributed by atoms with Gasteiger partial charge in [-0.15, -0.1) is 0 Å². The minimum Gasteiger partial charge on any atom is -0.352 e. The molecule has 0 aliphatic carbocycles. The number of rotatable bonds is 2. The van der Waals surface area contributed by atoms with Crippen molar-refractivity contribution in [3.63, 3.8) is 0 Å². The number of hydrogen-bond acceptors (Lipinski definition) is 5. The van der Waals surface area contributed by atoms with Gasteiger partial charge in [-0.25, -0.2) is 9.78 Å². The molecule has 0 saturated carbocycles. The Morgan fingerprint density at radius 2 is 1.89 bits per heavy atom. The van der Waals surface area contributed by atoms with Crippen LogP contribution in [0.25, 0.3) is 10.9 Å². The number of piperidine rings is 1. The first-order valence-electron chi connectivity index (χ1n) is 12.2. The van der Waals surface area contributed by atoms with E-state index in [1.165, 1.54) is 4.90 Å². The first-order chi connectivity index (χ1) is 16.9. The number of nitrogens with one attached hydrogen (secondary N) is 1. The van der Waals surface area contributed by atoms with Crippen LogP contribution in [0.3, 0.4) is 0 Å². The summed E-state index contributed by atoms with van der Waals surface area (Å²) in [7, 11) is 0. The van der Waals surface area contributed by atoms with Crippen LogP contribution in [0.4, 0.5) is 10.6 Å². The fraction of sp³-hybridized carbons (Fsp3) is 0.357. The summed E-state index contributed by atoms with van der Waals surface area (Å²) in [5.74, 6) is 0.319. The Bertz CT molecular complexity index is 1370. The Morgan fingerprint density at radius 3 is 2.69 bits per heavy atom. The number of aromatic nitrogens is 1. The third-order valence-corrected chi connectivity index (χ3v) is 7.88. The quantitative estimate of drug-likeness (QED) is 0.576. The van der Waals surface area contributed by atoms with Crippen molar-refractivity contribution >= 4 is 34.6 Å². The molecule has 7 heteroatoms. The van der Waals surface area contributed by atoms with Gasteiger partial charge in [-0.3, -0.25) is 19.8 Å². The molecule has 1 N–H and O–H groups in total. The predicted octanol–water partition coefficient (Wildman–Crippen LogP) is 3.97. The molecule has 2 aromatic carbocycles. The van der Waals surface area contributed by atoms with Crippen molar-refractivity contribution in [2.75, 3.05) is 11.4 Å². The molecule has 0 unspecified atom stereocenters. The van der Waals surface area contributed by atoms with Gasteiger partial charge in [0, 0.05) is 18.4 Å². The van der Waals surface area contributed by atoms with Crippen LogP contribution >= 0.6 is 0 Å². The SMILES string of the molecule is Cc1ccc2nc3c(cc2c1)C[C@@]1(C(=O)NC(=O)N(Cc2ccccc2)C1=O)[C@H]1C[C@@H](C)CCN31. The van der Waals surface area contributed by atoms with Gasteiger partial charge in [-0.05, 0) is 55.0 Å². The highest BCUT2D eigenvalue weighted by Gasteiger charge is 2.62. The topological polar surface area (TPSA) is 82.6 Å². The van der Waals surface area contributed by atoms with E-state index in [1.54, 1.807) is 0 Å². The highest BCUT2D eigenvalue weighted by molar-refractivity contribution is 6.20. The Morgan fingerprint density at radius 1 is 1.09 bits per heavy atom. The van der Waals surface area contributed by atoms with Crippen molar-refractivity contribution in [2.45, 2.75) is 45.7 Å². The monoisotopic (exact) mass is 468 g/mol. The van der Waals surface area contributed by atoms with Crippen LogP contribution in [-0.4, -0.2) is 40.3 Å². The molecule has 1 aromatic heterocycles. The number of carbonyl (C=O) groups excluding carboxylic acids is 3. The molecule has 3 aliphatic rings. The second-order valence-corrected chi connectivity index (χ2v) is 10.3. The average molecular weight is 469 g/mol. The lowest BCUT2D eigenvalue weighted by atomic mass is 9.65. The van der Waals surface area contributed by atoms with E-state index in [2.05, 4.69) is 29.3 Å². The van der Waals surface area contributed by atoms with Crippen molar-refractivity contribution in [2.24, 2.45) is 11.3 Å². The van der Waals surface area contributed by atoms with Gasteiger partial charge in [0.05, 0.1) is 18.1 Å². The molecule has 2 saturated heterocycles. The number of amides is 4. The summed E-state index contributed by atoms with van der Waals surface area (Å²) in [5, 5.41) is 3.54. The largest absolute Gasteiger partial charge is 0.352 e. The molecule has 0 radical (unpaired) electrons. The zero-order valence-corrected chi connectivity index (χ0v) is 20.0. The summed E-state index contributed by atoms with van der Waals surface area (Å²) >= 11 is 0. The van der Waals surface area contributed by atoms with E-state index in [9.17, 15) is 14.4 Å². The lowest BCUT2D eigenvalue weighted by Gasteiger charge is -2.54. The minimum absolute atomic E-state index is 0.130. The Labute approximate surface area is 204 Å². The number of nitrogens with zero attached hydrogens (tertiary/aromatic N) is 3. The number of urea groups is 1. The van der Waals surface area contributed by atoms with Crippen molar-refractivity contribution in [1.82, 2.24) is 15.2 Å².